The van der Waals surface area contributed by atoms with Gasteiger partial charge in [0.2, 0.25) is 0 Å². The van der Waals surface area contributed by atoms with Crippen LogP contribution in [0.5, 0.6) is 0 Å². The number of nitrogens with zero attached hydrogens (tertiary/aromatic N) is 3. The highest BCUT2D eigenvalue weighted by Crippen LogP contribution is 2.15. The second-order valence-corrected chi connectivity index (χ2v) is 5.17. The molecule has 3 nitrogen and oxygen atoms in total. The van der Waals surface area contributed by atoms with E-state index < -0.39 is 11.6 Å². The molecular weight excluding hydrogens is 296 g/mol. The van der Waals surface area contributed by atoms with Crippen LogP contribution in [-0.4, -0.2) is 9.55 Å². The Bertz CT molecular complexity index is 878. The van der Waals surface area contributed by atoms with Crippen molar-refractivity contribution in [3.63, 3.8) is 0 Å². The zero-order chi connectivity index (χ0) is 16.2. The summed E-state index contributed by atoms with van der Waals surface area (Å²) in [6.07, 6.45) is 3.85. The molecule has 0 N–H and O–H groups in total. The zero-order valence-corrected chi connectivity index (χ0v) is 12.2. The van der Waals surface area contributed by atoms with E-state index in [1.54, 1.807) is 18.3 Å². The highest BCUT2D eigenvalue weighted by molar-refractivity contribution is 5.37. The number of imidazole rings is 1. The fraction of sp³-hybridized carbons (Fsp3) is 0.111. The highest BCUT2D eigenvalue weighted by atomic mass is 19.2. The van der Waals surface area contributed by atoms with E-state index in [1.165, 1.54) is 6.07 Å². The first-order valence-electron chi connectivity index (χ1n) is 7.09. The van der Waals surface area contributed by atoms with Gasteiger partial charge in [0, 0.05) is 18.8 Å². The van der Waals surface area contributed by atoms with E-state index in [-0.39, 0.29) is 0 Å². The van der Waals surface area contributed by atoms with E-state index >= 15 is 0 Å². The van der Waals surface area contributed by atoms with Gasteiger partial charge in [0.1, 0.15) is 5.82 Å². The molecule has 0 saturated carbocycles. The van der Waals surface area contributed by atoms with Crippen molar-refractivity contribution in [2.45, 2.75) is 13.0 Å². The number of hydrogen-bond donors (Lipinski definition) is 0. The summed E-state index contributed by atoms with van der Waals surface area (Å²) in [5, 5.41) is 9.16. The lowest BCUT2D eigenvalue weighted by Gasteiger charge is -2.09. The molecule has 5 heteroatoms. The van der Waals surface area contributed by atoms with Gasteiger partial charge in [-0.15, -0.1) is 0 Å². The van der Waals surface area contributed by atoms with Crippen LogP contribution in [0, 0.1) is 23.0 Å². The molecular formula is C18H13F2N3. The standard InChI is InChI=1S/C18H13F2N3/c19-16-6-5-13(9-17(16)20)10-18-22-7-8-23(18)12-15-4-2-1-3-14(15)11-21/h1-9H,10,12H2. The molecule has 1 heterocycles. The van der Waals surface area contributed by atoms with Gasteiger partial charge in [-0.3, -0.25) is 0 Å². The zero-order valence-electron chi connectivity index (χ0n) is 12.2. The van der Waals surface area contributed by atoms with Crippen LogP contribution >= 0.6 is 0 Å². The number of rotatable bonds is 4. The van der Waals surface area contributed by atoms with Crippen molar-refractivity contribution >= 4 is 0 Å². The van der Waals surface area contributed by atoms with Gasteiger partial charge in [-0.2, -0.15) is 5.26 Å². The molecule has 114 valence electrons. The van der Waals surface area contributed by atoms with Crippen LogP contribution in [0.3, 0.4) is 0 Å². The van der Waals surface area contributed by atoms with Crippen LogP contribution in [0.15, 0.2) is 54.9 Å². The van der Waals surface area contributed by atoms with Crippen molar-refractivity contribution < 1.29 is 8.78 Å². The van der Waals surface area contributed by atoms with E-state index in [1.807, 2.05) is 29.0 Å². The maximum atomic E-state index is 13.3. The number of hydrogen-bond acceptors (Lipinski definition) is 2. The normalized spacial score (nSPS) is 10.5. The van der Waals surface area contributed by atoms with E-state index in [0.717, 1.165) is 17.5 Å². The molecule has 0 aliphatic rings. The summed E-state index contributed by atoms with van der Waals surface area (Å²) in [6.45, 7) is 0.503. The first kappa shape index (κ1) is 14.9. The van der Waals surface area contributed by atoms with Gasteiger partial charge in [0.15, 0.2) is 11.6 Å². The van der Waals surface area contributed by atoms with Gasteiger partial charge in [-0.1, -0.05) is 24.3 Å². The van der Waals surface area contributed by atoms with Gasteiger partial charge in [0.05, 0.1) is 18.2 Å². The Hall–Kier alpha value is -3.00. The predicted molar refractivity (Wildman–Crippen MR) is 81.7 cm³/mol. The number of aromatic nitrogens is 2. The van der Waals surface area contributed by atoms with Gasteiger partial charge >= 0.3 is 0 Å². The Morgan fingerprint density at radius 1 is 1.09 bits per heavy atom. The third-order valence-corrected chi connectivity index (χ3v) is 3.63. The monoisotopic (exact) mass is 309 g/mol. The molecule has 3 aromatic rings. The third-order valence-electron chi connectivity index (χ3n) is 3.63. The summed E-state index contributed by atoms with van der Waals surface area (Å²) >= 11 is 0. The van der Waals surface area contributed by atoms with Gasteiger partial charge in [0.25, 0.3) is 0 Å². The maximum Gasteiger partial charge on any atom is 0.159 e. The van der Waals surface area contributed by atoms with Gasteiger partial charge in [-0.05, 0) is 29.3 Å². The van der Waals surface area contributed by atoms with Crippen molar-refractivity contribution in [3.05, 3.63) is 89.0 Å². The van der Waals surface area contributed by atoms with Crippen LogP contribution in [-0.2, 0) is 13.0 Å². The fourth-order valence-corrected chi connectivity index (χ4v) is 2.43. The minimum atomic E-state index is -0.865. The Labute approximate surface area is 132 Å². The lowest BCUT2D eigenvalue weighted by molar-refractivity contribution is 0.507. The molecule has 0 spiro atoms. The smallest absolute Gasteiger partial charge is 0.159 e. The summed E-state index contributed by atoms with van der Waals surface area (Å²) in [5.74, 6) is -1.00. The number of benzene rings is 2. The van der Waals surface area contributed by atoms with Crippen molar-refractivity contribution in [2.24, 2.45) is 0 Å². The highest BCUT2D eigenvalue weighted by Gasteiger charge is 2.09. The van der Waals surface area contributed by atoms with E-state index in [0.29, 0.717) is 24.1 Å². The fourth-order valence-electron chi connectivity index (χ4n) is 2.43. The Morgan fingerprint density at radius 3 is 2.70 bits per heavy atom. The average molecular weight is 309 g/mol. The minimum absolute atomic E-state index is 0.388. The predicted octanol–water partition coefficient (Wildman–Crippen LogP) is 3.67. The second kappa shape index (κ2) is 6.41. The van der Waals surface area contributed by atoms with E-state index in [9.17, 15) is 8.78 Å². The first-order valence-corrected chi connectivity index (χ1v) is 7.09. The van der Waals surface area contributed by atoms with Crippen molar-refractivity contribution in [1.29, 1.82) is 5.26 Å². The van der Waals surface area contributed by atoms with E-state index in [2.05, 4.69) is 11.1 Å². The molecule has 0 bridgehead atoms. The Balaban J connectivity index is 1.85. The molecule has 0 unspecified atom stereocenters. The van der Waals surface area contributed by atoms with Crippen molar-refractivity contribution in [2.75, 3.05) is 0 Å². The lowest BCUT2D eigenvalue weighted by Crippen LogP contribution is -2.06. The molecule has 0 aliphatic carbocycles. The molecule has 0 saturated heterocycles. The van der Waals surface area contributed by atoms with Crippen LogP contribution in [0.1, 0.15) is 22.5 Å². The van der Waals surface area contributed by atoms with E-state index in [4.69, 9.17) is 5.26 Å². The second-order valence-electron chi connectivity index (χ2n) is 5.17. The Morgan fingerprint density at radius 2 is 1.91 bits per heavy atom. The van der Waals surface area contributed by atoms with Crippen LogP contribution in [0.25, 0.3) is 0 Å². The topological polar surface area (TPSA) is 41.6 Å². The summed E-state index contributed by atoms with van der Waals surface area (Å²) in [5.41, 5.74) is 2.14. The third kappa shape index (κ3) is 3.27. The molecule has 0 radical (unpaired) electrons. The molecule has 0 amide bonds. The largest absolute Gasteiger partial charge is 0.330 e. The molecule has 0 atom stereocenters. The lowest BCUT2D eigenvalue weighted by atomic mass is 10.1. The molecule has 3 rings (SSSR count). The molecule has 23 heavy (non-hydrogen) atoms. The summed E-state index contributed by atoms with van der Waals surface area (Å²) in [4.78, 5) is 4.28. The summed E-state index contributed by atoms with van der Waals surface area (Å²) < 4.78 is 28.2. The van der Waals surface area contributed by atoms with Crippen LogP contribution < -0.4 is 0 Å². The van der Waals surface area contributed by atoms with Crippen molar-refractivity contribution in [3.8, 4) is 6.07 Å². The quantitative estimate of drug-likeness (QED) is 0.738. The molecule has 2 aromatic carbocycles. The SMILES string of the molecule is N#Cc1ccccc1Cn1ccnc1Cc1ccc(F)c(F)c1. The maximum absolute atomic E-state index is 13.3. The van der Waals surface area contributed by atoms with Crippen molar-refractivity contribution in [1.82, 2.24) is 9.55 Å². The average Bonchev–Trinajstić information content (AvgIpc) is 2.98. The molecule has 0 aliphatic heterocycles. The minimum Gasteiger partial charge on any atom is -0.330 e. The van der Waals surface area contributed by atoms with Gasteiger partial charge < -0.3 is 4.57 Å². The number of halogens is 2. The van der Waals surface area contributed by atoms with Gasteiger partial charge in [-0.25, -0.2) is 13.8 Å². The number of nitriles is 1. The first-order chi connectivity index (χ1) is 11.2. The van der Waals surface area contributed by atoms with Crippen LogP contribution in [0.2, 0.25) is 0 Å². The Kier molecular flexibility index (Phi) is 4.15. The molecule has 1 aromatic heterocycles. The van der Waals surface area contributed by atoms with Crippen LogP contribution in [0.4, 0.5) is 8.78 Å². The summed E-state index contributed by atoms with van der Waals surface area (Å²) in [7, 11) is 0. The summed E-state index contributed by atoms with van der Waals surface area (Å²) in [6, 6.07) is 13.3. The molecule has 0 fully saturated rings.